The Morgan fingerprint density at radius 2 is 2.38 bits per heavy atom. The second kappa shape index (κ2) is 6.22. The monoisotopic (exact) mass is 242 g/mol. The highest BCUT2D eigenvalue weighted by Crippen LogP contribution is 2.07. The van der Waals surface area contributed by atoms with Crippen molar-refractivity contribution in [1.29, 1.82) is 0 Å². The van der Waals surface area contributed by atoms with Crippen LogP contribution in [0.1, 0.15) is 30.3 Å². The van der Waals surface area contributed by atoms with Crippen LogP contribution in [-0.2, 0) is 4.79 Å². The van der Waals surface area contributed by atoms with Gasteiger partial charge >= 0.3 is 5.97 Å². The quantitative estimate of drug-likeness (QED) is 0.789. The Hall–Kier alpha value is -1.43. The Labute approximate surface area is 97.5 Å². The predicted molar refractivity (Wildman–Crippen MR) is 60.5 cm³/mol. The van der Waals surface area contributed by atoms with Crippen molar-refractivity contribution in [3.63, 3.8) is 0 Å². The molecule has 1 heterocycles. The molecule has 1 unspecified atom stereocenters. The van der Waals surface area contributed by atoms with Crippen molar-refractivity contribution in [2.24, 2.45) is 5.92 Å². The summed E-state index contributed by atoms with van der Waals surface area (Å²) in [6.45, 7) is 2.28. The van der Waals surface area contributed by atoms with E-state index < -0.39 is 5.97 Å². The van der Waals surface area contributed by atoms with Gasteiger partial charge in [-0.05, 0) is 5.92 Å². The fourth-order valence-electron chi connectivity index (χ4n) is 1.26. The molecule has 88 valence electrons. The molecule has 1 aromatic rings. The number of nitrogens with one attached hydrogen (secondary N) is 1. The number of carbonyl (C=O) groups excluding carboxylic acids is 1. The van der Waals surface area contributed by atoms with E-state index in [0.29, 0.717) is 12.2 Å². The third-order valence-electron chi connectivity index (χ3n) is 2.26. The van der Waals surface area contributed by atoms with Crippen molar-refractivity contribution in [3.05, 3.63) is 16.6 Å². The highest BCUT2D eigenvalue weighted by molar-refractivity contribution is 7.07. The Morgan fingerprint density at radius 1 is 1.62 bits per heavy atom. The summed E-state index contributed by atoms with van der Waals surface area (Å²) >= 11 is 1.35. The van der Waals surface area contributed by atoms with Gasteiger partial charge in [-0.15, -0.1) is 11.3 Å². The number of amides is 1. The number of aromatic nitrogens is 1. The molecule has 0 bridgehead atoms. The van der Waals surface area contributed by atoms with Crippen LogP contribution in [-0.4, -0.2) is 28.5 Å². The molecule has 1 aromatic heterocycles. The number of rotatable bonds is 6. The molecule has 0 spiro atoms. The van der Waals surface area contributed by atoms with E-state index in [0.717, 1.165) is 6.42 Å². The Morgan fingerprint density at radius 3 is 2.88 bits per heavy atom. The number of thiazole rings is 1. The first kappa shape index (κ1) is 12.6. The molecule has 0 fully saturated rings. The minimum Gasteiger partial charge on any atom is -0.481 e. The molecular formula is C10H14N2O3S. The van der Waals surface area contributed by atoms with Crippen LogP contribution in [0.15, 0.2) is 10.9 Å². The summed E-state index contributed by atoms with van der Waals surface area (Å²) in [7, 11) is 0. The number of carboxylic acid groups (broad SMARTS) is 1. The maximum absolute atomic E-state index is 11.5. The zero-order valence-corrected chi connectivity index (χ0v) is 9.79. The van der Waals surface area contributed by atoms with Crippen LogP contribution in [0.4, 0.5) is 0 Å². The first-order valence-electron chi connectivity index (χ1n) is 5.01. The normalized spacial score (nSPS) is 12.1. The van der Waals surface area contributed by atoms with Gasteiger partial charge in [0.25, 0.3) is 5.91 Å². The molecular weight excluding hydrogens is 228 g/mol. The average Bonchev–Trinajstić information content (AvgIpc) is 2.76. The van der Waals surface area contributed by atoms with Crippen molar-refractivity contribution in [2.75, 3.05) is 6.54 Å². The molecule has 0 radical (unpaired) electrons. The van der Waals surface area contributed by atoms with Crippen molar-refractivity contribution in [1.82, 2.24) is 10.3 Å². The second-order valence-corrected chi connectivity index (χ2v) is 4.17. The summed E-state index contributed by atoms with van der Waals surface area (Å²) in [4.78, 5) is 25.9. The maximum atomic E-state index is 11.5. The minimum atomic E-state index is -0.838. The standard InChI is InChI=1S/C10H14N2O3S/c1-2-7(3-9(13)14)4-11-10(15)8-5-16-6-12-8/h5-7H,2-4H2,1H3,(H,11,15)(H,13,14). The molecule has 0 aromatic carbocycles. The third-order valence-corrected chi connectivity index (χ3v) is 2.84. The number of hydrogen-bond acceptors (Lipinski definition) is 4. The maximum Gasteiger partial charge on any atom is 0.303 e. The second-order valence-electron chi connectivity index (χ2n) is 3.46. The highest BCUT2D eigenvalue weighted by Gasteiger charge is 2.13. The van der Waals surface area contributed by atoms with E-state index in [1.165, 1.54) is 11.3 Å². The number of carbonyl (C=O) groups is 2. The van der Waals surface area contributed by atoms with E-state index in [1.807, 2.05) is 6.92 Å². The smallest absolute Gasteiger partial charge is 0.303 e. The van der Waals surface area contributed by atoms with Gasteiger partial charge in [0.2, 0.25) is 0 Å². The minimum absolute atomic E-state index is 0.0277. The summed E-state index contributed by atoms with van der Waals surface area (Å²) in [5, 5.41) is 13.0. The van der Waals surface area contributed by atoms with Crippen LogP contribution in [0.3, 0.4) is 0 Å². The van der Waals surface area contributed by atoms with Crippen molar-refractivity contribution in [2.45, 2.75) is 19.8 Å². The molecule has 0 saturated heterocycles. The summed E-state index contributed by atoms with van der Waals surface area (Å²) in [6, 6.07) is 0. The van der Waals surface area contributed by atoms with Crippen molar-refractivity contribution in [3.8, 4) is 0 Å². The van der Waals surface area contributed by atoms with Crippen LogP contribution in [0.25, 0.3) is 0 Å². The van der Waals surface area contributed by atoms with Crippen LogP contribution in [0, 0.1) is 5.92 Å². The van der Waals surface area contributed by atoms with Crippen molar-refractivity contribution < 1.29 is 14.7 Å². The van der Waals surface area contributed by atoms with E-state index >= 15 is 0 Å². The lowest BCUT2D eigenvalue weighted by molar-refractivity contribution is -0.138. The zero-order chi connectivity index (χ0) is 12.0. The van der Waals surface area contributed by atoms with Gasteiger partial charge in [-0.3, -0.25) is 9.59 Å². The molecule has 0 saturated carbocycles. The Bertz CT molecular complexity index is 351. The SMILES string of the molecule is CCC(CNC(=O)c1cscn1)CC(=O)O. The largest absolute Gasteiger partial charge is 0.481 e. The number of aliphatic carboxylic acids is 1. The van der Waals surface area contributed by atoms with Crippen LogP contribution in [0.2, 0.25) is 0 Å². The lowest BCUT2D eigenvalue weighted by atomic mass is 10.0. The van der Waals surface area contributed by atoms with E-state index in [1.54, 1.807) is 10.9 Å². The molecule has 0 aliphatic carbocycles. The third kappa shape index (κ3) is 3.98. The number of carboxylic acids is 1. The van der Waals surface area contributed by atoms with Gasteiger partial charge in [0.15, 0.2) is 0 Å². The number of nitrogens with zero attached hydrogens (tertiary/aromatic N) is 1. The van der Waals surface area contributed by atoms with Crippen LogP contribution < -0.4 is 5.32 Å². The summed E-state index contributed by atoms with van der Waals surface area (Å²) in [6.07, 6.45) is 0.803. The molecule has 0 aliphatic rings. The molecule has 1 atom stereocenters. The van der Waals surface area contributed by atoms with Crippen LogP contribution >= 0.6 is 11.3 Å². The lowest BCUT2D eigenvalue weighted by Gasteiger charge is -2.12. The summed E-state index contributed by atoms with van der Waals surface area (Å²) < 4.78 is 0. The molecule has 16 heavy (non-hydrogen) atoms. The molecule has 5 nitrogen and oxygen atoms in total. The first-order valence-corrected chi connectivity index (χ1v) is 5.96. The molecule has 1 amide bonds. The highest BCUT2D eigenvalue weighted by atomic mass is 32.1. The van der Waals surface area contributed by atoms with E-state index in [4.69, 9.17) is 5.11 Å². The first-order chi connectivity index (χ1) is 7.63. The zero-order valence-electron chi connectivity index (χ0n) is 8.97. The Kier molecular flexibility index (Phi) is 4.91. The van der Waals surface area contributed by atoms with Gasteiger partial charge in [-0.1, -0.05) is 13.3 Å². The molecule has 2 N–H and O–H groups in total. The van der Waals surface area contributed by atoms with Gasteiger partial charge < -0.3 is 10.4 Å². The summed E-state index contributed by atoms with van der Waals surface area (Å²) in [5.74, 6) is -1.11. The van der Waals surface area contributed by atoms with Gasteiger partial charge in [0.1, 0.15) is 5.69 Å². The van der Waals surface area contributed by atoms with Gasteiger partial charge in [-0.25, -0.2) is 4.98 Å². The van der Waals surface area contributed by atoms with Gasteiger partial charge in [-0.2, -0.15) is 0 Å². The van der Waals surface area contributed by atoms with Crippen LogP contribution in [0.5, 0.6) is 0 Å². The number of hydrogen-bond donors (Lipinski definition) is 2. The van der Waals surface area contributed by atoms with E-state index in [-0.39, 0.29) is 18.2 Å². The molecule has 6 heteroatoms. The summed E-state index contributed by atoms with van der Waals surface area (Å²) in [5.41, 5.74) is 1.97. The molecule has 0 aliphatic heterocycles. The molecule has 1 rings (SSSR count). The van der Waals surface area contributed by atoms with E-state index in [2.05, 4.69) is 10.3 Å². The van der Waals surface area contributed by atoms with Gasteiger partial charge in [0, 0.05) is 18.3 Å². The lowest BCUT2D eigenvalue weighted by Crippen LogP contribution is -2.30. The Balaban J connectivity index is 2.38. The topological polar surface area (TPSA) is 79.3 Å². The fourth-order valence-corrected chi connectivity index (χ4v) is 1.79. The van der Waals surface area contributed by atoms with Crippen molar-refractivity contribution >= 4 is 23.2 Å². The average molecular weight is 242 g/mol. The van der Waals surface area contributed by atoms with E-state index in [9.17, 15) is 9.59 Å². The predicted octanol–water partition coefficient (Wildman–Crippen LogP) is 1.37. The fraction of sp³-hybridized carbons (Fsp3) is 0.500. The van der Waals surface area contributed by atoms with Gasteiger partial charge in [0.05, 0.1) is 5.51 Å².